The van der Waals surface area contributed by atoms with E-state index in [1.807, 2.05) is 19.1 Å². The van der Waals surface area contributed by atoms with E-state index in [1.54, 1.807) is 0 Å². The molecule has 88 valence electrons. The molecule has 0 radical (unpaired) electrons. The van der Waals surface area contributed by atoms with Crippen molar-refractivity contribution in [1.82, 2.24) is 0 Å². The van der Waals surface area contributed by atoms with E-state index in [0.29, 0.717) is 5.76 Å². The van der Waals surface area contributed by atoms with Crippen LogP contribution in [0.5, 0.6) is 0 Å². The molecule has 1 aromatic rings. The summed E-state index contributed by atoms with van der Waals surface area (Å²) in [5.41, 5.74) is 5.56. The Kier molecular flexibility index (Phi) is 2.76. The molecule has 1 unspecified atom stereocenters. The molecule has 2 rings (SSSR count). The van der Waals surface area contributed by atoms with E-state index < -0.39 is 11.5 Å². The number of hydrogen-bond donors (Lipinski definition) is 1. The van der Waals surface area contributed by atoms with Crippen LogP contribution in [0.2, 0.25) is 0 Å². The van der Waals surface area contributed by atoms with Crippen molar-refractivity contribution in [2.75, 3.05) is 7.11 Å². The second kappa shape index (κ2) is 3.94. The molecule has 0 amide bonds. The molecular weight excluding hydrogens is 206 g/mol. The van der Waals surface area contributed by atoms with Crippen molar-refractivity contribution in [2.45, 2.75) is 32.2 Å². The average molecular weight is 223 g/mol. The summed E-state index contributed by atoms with van der Waals surface area (Å²) in [6, 6.07) is 3.30. The second-order valence-electron chi connectivity index (χ2n) is 4.43. The van der Waals surface area contributed by atoms with E-state index in [-0.39, 0.29) is 5.97 Å². The molecule has 4 heteroatoms. The third-order valence-electron chi connectivity index (χ3n) is 3.50. The number of ether oxygens (including phenoxy) is 1. The molecule has 16 heavy (non-hydrogen) atoms. The average Bonchev–Trinajstić information content (AvgIpc) is 2.62. The number of esters is 1. The van der Waals surface area contributed by atoms with E-state index in [4.69, 9.17) is 14.9 Å². The van der Waals surface area contributed by atoms with Gasteiger partial charge in [-0.25, -0.2) is 0 Å². The first-order valence-corrected chi connectivity index (χ1v) is 5.50. The highest BCUT2D eigenvalue weighted by Gasteiger charge is 2.51. The fraction of sp³-hybridized carbons (Fsp3) is 0.583. The molecule has 1 heterocycles. The molecule has 0 spiro atoms. The molecule has 1 aromatic heterocycles. The minimum Gasteiger partial charge on any atom is -0.469 e. The van der Waals surface area contributed by atoms with Crippen LogP contribution in [0.4, 0.5) is 0 Å². The van der Waals surface area contributed by atoms with Crippen molar-refractivity contribution in [3.05, 3.63) is 23.7 Å². The van der Waals surface area contributed by atoms with Crippen LogP contribution < -0.4 is 5.73 Å². The predicted octanol–water partition coefficient (Wildman–Crippen LogP) is 1.93. The Morgan fingerprint density at radius 2 is 2.25 bits per heavy atom. The Labute approximate surface area is 94.8 Å². The van der Waals surface area contributed by atoms with Gasteiger partial charge in [0, 0.05) is 0 Å². The lowest BCUT2D eigenvalue weighted by molar-refractivity contribution is -0.161. The van der Waals surface area contributed by atoms with Crippen LogP contribution in [0.3, 0.4) is 0 Å². The van der Waals surface area contributed by atoms with Crippen LogP contribution >= 0.6 is 0 Å². The second-order valence-corrected chi connectivity index (χ2v) is 4.43. The number of carbonyl (C=O) groups excluding carboxylic acids is 1. The Balaban J connectivity index is 2.25. The molecule has 0 bridgehead atoms. The van der Waals surface area contributed by atoms with E-state index in [0.717, 1.165) is 25.0 Å². The van der Waals surface area contributed by atoms with Gasteiger partial charge in [-0.15, -0.1) is 0 Å². The fourth-order valence-electron chi connectivity index (χ4n) is 2.30. The minimum atomic E-state index is -0.570. The lowest BCUT2D eigenvalue weighted by Crippen LogP contribution is -2.47. The van der Waals surface area contributed by atoms with Gasteiger partial charge in [0.2, 0.25) is 0 Å². The van der Waals surface area contributed by atoms with E-state index in [1.165, 1.54) is 7.11 Å². The zero-order valence-electron chi connectivity index (χ0n) is 9.66. The summed E-state index contributed by atoms with van der Waals surface area (Å²) >= 11 is 0. The van der Waals surface area contributed by atoms with Crippen molar-refractivity contribution in [2.24, 2.45) is 11.1 Å². The molecule has 1 saturated carbocycles. The number of carbonyl (C=O) groups is 1. The summed E-state index contributed by atoms with van der Waals surface area (Å²) in [6.45, 7) is 1.86. The summed E-state index contributed by atoms with van der Waals surface area (Å²) in [5, 5.41) is 0. The Bertz CT molecular complexity index is 393. The van der Waals surface area contributed by atoms with Crippen molar-refractivity contribution in [1.29, 1.82) is 0 Å². The van der Waals surface area contributed by atoms with Crippen molar-refractivity contribution < 1.29 is 13.9 Å². The third-order valence-corrected chi connectivity index (χ3v) is 3.50. The predicted molar refractivity (Wildman–Crippen MR) is 58.7 cm³/mol. The van der Waals surface area contributed by atoms with Gasteiger partial charge in [0.05, 0.1) is 18.6 Å². The molecule has 0 saturated heterocycles. The third kappa shape index (κ3) is 1.53. The van der Waals surface area contributed by atoms with Crippen LogP contribution in [-0.4, -0.2) is 13.1 Å². The lowest BCUT2D eigenvalue weighted by Gasteiger charge is -2.42. The smallest absolute Gasteiger partial charge is 0.313 e. The molecule has 1 aliphatic rings. The number of furan rings is 1. The highest BCUT2D eigenvalue weighted by atomic mass is 16.5. The first-order valence-electron chi connectivity index (χ1n) is 5.50. The lowest BCUT2D eigenvalue weighted by atomic mass is 9.63. The summed E-state index contributed by atoms with van der Waals surface area (Å²) in [5.74, 6) is 1.26. The van der Waals surface area contributed by atoms with Crippen LogP contribution in [0.25, 0.3) is 0 Å². The van der Waals surface area contributed by atoms with Crippen LogP contribution in [0.15, 0.2) is 16.5 Å². The maximum absolute atomic E-state index is 11.8. The number of hydrogen-bond acceptors (Lipinski definition) is 4. The van der Waals surface area contributed by atoms with Gasteiger partial charge in [0.15, 0.2) is 0 Å². The molecule has 4 nitrogen and oxygen atoms in total. The topological polar surface area (TPSA) is 65.5 Å². The van der Waals surface area contributed by atoms with E-state index >= 15 is 0 Å². The van der Waals surface area contributed by atoms with E-state index in [2.05, 4.69) is 0 Å². The zero-order chi connectivity index (χ0) is 11.8. The largest absolute Gasteiger partial charge is 0.469 e. The number of methoxy groups -OCH3 is 1. The minimum absolute atomic E-state index is 0.222. The number of rotatable bonds is 3. The Morgan fingerprint density at radius 3 is 2.62 bits per heavy atom. The van der Waals surface area contributed by atoms with Gasteiger partial charge in [0.25, 0.3) is 0 Å². The molecule has 2 N–H and O–H groups in total. The van der Waals surface area contributed by atoms with Gasteiger partial charge in [-0.3, -0.25) is 4.79 Å². The Morgan fingerprint density at radius 1 is 1.56 bits per heavy atom. The van der Waals surface area contributed by atoms with Gasteiger partial charge in [-0.1, -0.05) is 6.42 Å². The summed E-state index contributed by atoms with van der Waals surface area (Å²) in [4.78, 5) is 11.8. The first-order chi connectivity index (χ1) is 7.60. The maximum atomic E-state index is 11.8. The van der Waals surface area contributed by atoms with Crippen molar-refractivity contribution in [3.8, 4) is 0 Å². The fourth-order valence-corrected chi connectivity index (χ4v) is 2.30. The standard InChI is InChI=1S/C12H17NO3/c1-8-4-5-9(16-8)10(13)12(6-3-7-12)11(14)15-2/h4-5,10H,3,6-7,13H2,1-2H3. The van der Waals surface area contributed by atoms with Crippen molar-refractivity contribution >= 4 is 5.97 Å². The van der Waals surface area contributed by atoms with Gasteiger partial charge in [0.1, 0.15) is 11.5 Å². The molecule has 1 fully saturated rings. The zero-order valence-corrected chi connectivity index (χ0v) is 9.66. The highest BCUT2D eigenvalue weighted by molar-refractivity contribution is 5.79. The number of aryl methyl sites for hydroxylation is 1. The van der Waals surface area contributed by atoms with Crippen LogP contribution in [-0.2, 0) is 9.53 Å². The SMILES string of the molecule is COC(=O)C1(C(N)c2ccc(C)o2)CCC1. The van der Waals surface area contributed by atoms with Gasteiger partial charge < -0.3 is 14.9 Å². The van der Waals surface area contributed by atoms with Crippen molar-refractivity contribution in [3.63, 3.8) is 0 Å². The van der Waals surface area contributed by atoms with Crippen LogP contribution in [0.1, 0.15) is 36.8 Å². The first kappa shape index (κ1) is 11.2. The Hall–Kier alpha value is -1.29. The summed E-state index contributed by atoms with van der Waals surface area (Å²) in [6.07, 6.45) is 2.57. The van der Waals surface area contributed by atoms with E-state index in [9.17, 15) is 4.79 Å². The van der Waals surface area contributed by atoms with Crippen LogP contribution in [0, 0.1) is 12.3 Å². The molecule has 0 aliphatic heterocycles. The maximum Gasteiger partial charge on any atom is 0.313 e. The molecule has 1 aliphatic carbocycles. The molecule has 1 atom stereocenters. The highest BCUT2D eigenvalue weighted by Crippen LogP contribution is 2.50. The molecular formula is C12H17NO3. The van der Waals surface area contributed by atoms with Gasteiger partial charge >= 0.3 is 5.97 Å². The monoisotopic (exact) mass is 223 g/mol. The number of nitrogens with two attached hydrogens (primary N) is 1. The summed E-state index contributed by atoms with van der Waals surface area (Å²) in [7, 11) is 1.41. The van der Waals surface area contributed by atoms with Gasteiger partial charge in [-0.05, 0) is 31.9 Å². The van der Waals surface area contributed by atoms with Gasteiger partial charge in [-0.2, -0.15) is 0 Å². The summed E-state index contributed by atoms with van der Waals surface area (Å²) < 4.78 is 10.3. The molecule has 0 aromatic carbocycles. The normalized spacial score (nSPS) is 19.9. The quantitative estimate of drug-likeness (QED) is 0.795.